The lowest BCUT2D eigenvalue weighted by molar-refractivity contribution is -0.168. The van der Waals surface area contributed by atoms with E-state index < -0.39 is 18.4 Å². The molecule has 0 aromatic carbocycles. The molecule has 2 aromatic rings. The minimum Gasteiger partial charge on any atom is -0.389 e. The predicted molar refractivity (Wildman–Crippen MR) is 86.8 cm³/mol. The van der Waals surface area contributed by atoms with Gasteiger partial charge in [-0.2, -0.15) is 5.10 Å². The second-order valence-electron chi connectivity index (χ2n) is 5.87. The van der Waals surface area contributed by atoms with Crippen LogP contribution in [0.3, 0.4) is 0 Å². The van der Waals surface area contributed by atoms with Gasteiger partial charge in [0.1, 0.15) is 12.1 Å². The molecule has 0 unspecified atom stereocenters. The number of halogens is 2. The smallest absolute Gasteiger partial charge is 0.183 e. The van der Waals surface area contributed by atoms with Gasteiger partial charge in [0.25, 0.3) is 0 Å². The zero-order valence-electron chi connectivity index (χ0n) is 12.5. The first kappa shape index (κ1) is 16.3. The lowest BCUT2D eigenvalue weighted by atomic mass is 9.96. The fourth-order valence-electron chi connectivity index (χ4n) is 3.19. The highest BCUT2D eigenvalue weighted by Gasteiger charge is 2.51. The maximum Gasteiger partial charge on any atom is 0.183 e. The van der Waals surface area contributed by atoms with Crippen LogP contribution in [-0.2, 0) is 16.0 Å². The van der Waals surface area contributed by atoms with Crippen LogP contribution in [0.4, 0.5) is 0 Å². The van der Waals surface area contributed by atoms with Gasteiger partial charge < -0.3 is 19.9 Å². The number of fused-ring (bicyclic) bond motifs is 2. The molecule has 24 heavy (non-hydrogen) atoms. The number of rotatable bonds is 4. The van der Waals surface area contributed by atoms with Gasteiger partial charge in [0, 0.05) is 25.1 Å². The molecule has 2 bridgehead atoms. The summed E-state index contributed by atoms with van der Waals surface area (Å²) < 4.78 is 13.1. The fraction of sp³-hybridized carbons (Fsp3) is 0.467. The van der Waals surface area contributed by atoms with Gasteiger partial charge in [-0.1, -0.05) is 23.2 Å². The van der Waals surface area contributed by atoms with Crippen molar-refractivity contribution in [1.82, 2.24) is 20.1 Å². The monoisotopic (exact) mass is 370 g/mol. The van der Waals surface area contributed by atoms with Gasteiger partial charge in [0.15, 0.2) is 6.29 Å². The minimum absolute atomic E-state index is 0.229. The number of ether oxygens (including phenoxy) is 2. The van der Waals surface area contributed by atoms with Crippen molar-refractivity contribution < 1.29 is 14.6 Å². The standard InChI is InChI=1S/C15H16Cl2N4O3/c16-9-4-20-21(6-9)13-14(22)12(11-7-23-15(13)24-11)19-3-8-1-2-18-5-10(8)17/h1-2,4-6,11-15,19,22H,3,7H2/t11-,12-,13-,14+,15-/m1/s1. The molecule has 0 saturated carbocycles. The van der Waals surface area contributed by atoms with Crippen molar-refractivity contribution >= 4 is 23.2 Å². The SMILES string of the molecule is O[C@H]1[C@H](NCc2ccncc2Cl)[C@H]2CO[C@H](O2)[C@@H]1n1cc(Cl)cn1. The molecule has 2 aromatic heterocycles. The molecule has 0 aliphatic carbocycles. The van der Waals surface area contributed by atoms with Gasteiger partial charge in [-0.05, 0) is 11.6 Å². The van der Waals surface area contributed by atoms with Crippen LogP contribution in [0.25, 0.3) is 0 Å². The summed E-state index contributed by atoms with van der Waals surface area (Å²) in [6.07, 6.45) is 4.94. The summed E-state index contributed by atoms with van der Waals surface area (Å²) in [4.78, 5) is 3.97. The maximum absolute atomic E-state index is 10.8. The summed E-state index contributed by atoms with van der Waals surface area (Å²) in [5.41, 5.74) is 0.901. The van der Waals surface area contributed by atoms with E-state index in [-0.39, 0.29) is 12.1 Å². The topological polar surface area (TPSA) is 81.4 Å². The van der Waals surface area contributed by atoms with Crippen LogP contribution in [0.15, 0.2) is 30.9 Å². The van der Waals surface area contributed by atoms with Crippen LogP contribution in [0.5, 0.6) is 0 Å². The molecule has 0 amide bonds. The molecular weight excluding hydrogens is 355 g/mol. The lowest BCUT2D eigenvalue weighted by Crippen LogP contribution is -2.57. The van der Waals surface area contributed by atoms with Crippen molar-refractivity contribution in [3.8, 4) is 0 Å². The number of hydrogen-bond acceptors (Lipinski definition) is 6. The quantitative estimate of drug-likeness (QED) is 0.846. The van der Waals surface area contributed by atoms with Crippen molar-refractivity contribution in [2.24, 2.45) is 0 Å². The minimum atomic E-state index is -0.743. The Kier molecular flexibility index (Phi) is 4.46. The fourth-order valence-corrected chi connectivity index (χ4v) is 3.52. The molecule has 2 fully saturated rings. The van der Waals surface area contributed by atoms with E-state index in [2.05, 4.69) is 15.4 Å². The van der Waals surface area contributed by atoms with E-state index in [9.17, 15) is 5.11 Å². The van der Waals surface area contributed by atoms with Crippen molar-refractivity contribution in [2.75, 3.05) is 6.61 Å². The molecular formula is C15H16Cl2N4O3. The highest BCUT2D eigenvalue weighted by molar-refractivity contribution is 6.31. The molecule has 2 saturated heterocycles. The normalized spacial score (nSPS) is 32.2. The molecule has 0 radical (unpaired) electrons. The second kappa shape index (κ2) is 6.59. The summed E-state index contributed by atoms with van der Waals surface area (Å²) >= 11 is 12.1. The van der Waals surface area contributed by atoms with Crippen molar-refractivity contribution in [3.63, 3.8) is 0 Å². The molecule has 4 rings (SSSR count). The third kappa shape index (κ3) is 2.92. The van der Waals surface area contributed by atoms with Crippen LogP contribution in [0, 0.1) is 0 Å². The maximum atomic E-state index is 10.8. The molecule has 4 heterocycles. The lowest BCUT2D eigenvalue weighted by Gasteiger charge is -2.38. The van der Waals surface area contributed by atoms with Gasteiger partial charge in [-0.3, -0.25) is 9.67 Å². The number of aliphatic hydroxyl groups is 1. The first-order valence-corrected chi connectivity index (χ1v) is 8.35. The van der Waals surface area contributed by atoms with E-state index in [1.54, 1.807) is 23.3 Å². The zero-order valence-corrected chi connectivity index (χ0v) is 14.1. The van der Waals surface area contributed by atoms with Crippen molar-refractivity contribution in [2.45, 2.75) is 37.1 Å². The average Bonchev–Trinajstić information content (AvgIpc) is 3.17. The van der Waals surface area contributed by atoms with Crippen LogP contribution in [0.1, 0.15) is 11.6 Å². The highest BCUT2D eigenvalue weighted by atomic mass is 35.5. The van der Waals surface area contributed by atoms with Gasteiger partial charge >= 0.3 is 0 Å². The van der Waals surface area contributed by atoms with Gasteiger partial charge in [0.05, 0.1) is 35.0 Å². The molecule has 2 aliphatic heterocycles. The average molecular weight is 371 g/mol. The molecule has 0 spiro atoms. The Bertz CT molecular complexity index is 728. The van der Waals surface area contributed by atoms with E-state index in [4.69, 9.17) is 32.7 Å². The van der Waals surface area contributed by atoms with Gasteiger partial charge in [-0.25, -0.2) is 0 Å². The first-order chi connectivity index (χ1) is 11.6. The Hall–Kier alpha value is -1.22. The van der Waals surface area contributed by atoms with Gasteiger partial charge in [-0.15, -0.1) is 0 Å². The summed E-state index contributed by atoms with van der Waals surface area (Å²) in [5, 5.41) is 19.4. The number of nitrogens with zero attached hydrogens (tertiary/aromatic N) is 3. The first-order valence-electron chi connectivity index (χ1n) is 7.60. The van der Waals surface area contributed by atoms with Gasteiger partial charge in [0.2, 0.25) is 0 Å². The van der Waals surface area contributed by atoms with E-state index in [1.807, 2.05) is 6.07 Å². The number of nitrogens with one attached hydrogen (secondary N) is 1. The second-order valence-corrected chi connectivity index (χ2v) is 6.71. The zero-order chi connectivity index (χ0) is 16.7. The molecule has 7 nitrogen and oxygen atoms in total. The van der Waals surface area contributed by atoms with E-state index in [1.165, 1.54) is 6.20 Å². The Morgan fingerprint density at radius 2 is 2.25 bits per heavy atom. The summed E-state index contributed by atoms with van der Waals surface area (Å²) in [7, 11) is 0. The van der Waals surface area contributed by atoms with E-state index in [0.717, 1.165) is 5.56 Å². The predicted octanol–water partition coefficient (Wildman–Crippen LogP) is 1.40. The van der Waals surface area contributed by atoms with Crippen molar-refractivity contribution in [1.29, 1.82) is 0 Å². The largest absolute Gasteiger partial charge is 0.389 e. The van der Waals surface area contributed by atoms with Crippen LogP contribution >= 0.6 is 23.2 Å². The Balaban J connectivity index is 1.53. The van der Waals surface area contributed by atoms with Crippen molar-refractivity contribution in [3.05, 3.63) is 46.5 Å². The molecule has 5 atom stereocenters. The molecule has 128 valence electrons. The third-order valence-electron chi connectivity index (χ3n) is 4.39. The summed E-state index contributed by atoms with van der Waals surface area (Å²) in [5.74, 6) is 0. The Labute approximate surface area is 148 Å². The number of hydrogen-bond donors (Lipinski definition) is 2. The summed E-state index contributed by atoms with van der Waals surface area (Å²) in [6.45, 7) is 0.898. The van der Waals surface area contributed by atoms with E-state index in [0.29, 0.717) is 23.2 Å². The summed E-state index contributed by atoms with van der Waals surface area (Å²) in [6, 6.07) is 1.05. The van der Waals surface area contributed by atoms with Crippen LogP contribution in [0.2, 0.25) is 10.0 Å². The molecule has 2 aliphatic rings. The number of pyridine rings is 1. The highest BCUT2D eigenvalue weighted by Crippen LogP contribution is 2.36. The number of aliphatic hydroxyl groups excluding tert-OH is 1. The van der Waals surface area contributed by atoms with E-state index >= 15 is 0 Å². The third-order valence-corrected chi connectivity index (χ3v) is 4.93. The molecule has 2 N–H and O–H groups in total. The molecule has 9 heteroatoms. The Morgan fingerprint density at radius 3 is 3.00 bits per heavy atom. The number of aromatic nitrogens is 3. The van der Waals surface area contributed by atoms with Crippen LogP contribution in [-0.4, -0.2) is 51.0 Å². The van der Waals surface area contributed by atoms with Crippen LogP contribution < -0.4 is 5.32 Å². The Morgan fingerprint density at radius 1 is 1.38 bits per heavy atom.